The van der Waals surface area contributed by atoms with Gasteiger partial charge in [0.25, 0.3) is 5.56 Å². The van der Waals surface area contributed by atoms with Gasteiger partial charge in [-0.2, -0.15) is 0 Å². The van der Waals surface area contributed by atoms with Crippen LogP contribution in [0.1, 0.15) is 27.7 Å². The van der Waals surface area contributed by atoms with E-state index >= 15 is 0 Å². The molecule has 8 nitrogen and oxygen atoms in total. The standard InChI is InChI=1S/C21H24N4O4S/c1-5-30(28,25-20(27)29-21(2,3)4)16-8-6-15(7-9-16)24-18-12-17-14(13-23-18)10-11-22-19(17)26/h6-13H,5H2,1-4H3,(H,22,26)(H,23,24). The van der Waals surface area contributed by atoms with Crippen LogP contribution in [0.2, 0.25) is 0 Å². The summed E-state index contributed by atoms with van der Waals surface area (Å²) in [6.07, 6.45) is 2.35. The molecule has 0 saturated carbocycles. The number of fused-ring (bicyclic) bond motifs is 1. The lowest BCUT2D eigenvalue weighted by molar-refractivity contribution is 0.0607. The molecular weight excluding hydrogens is 404 g/mol. The molecule has 0 bridgehead atoms. The van der Waals surface area contributed by atoms with Crippen LogP contribution in [0.3, 0.4) is 0 Å². The molecule has 2 heterocycles. The Bertz CT molecular complexity index is 1250. The highest BCUT2D eigenvalue weighted by molar-refractivity contribution is 7.93. The van der Waals surface area contributed by atoms with Crippen LogP contribution in [-0.4, -0.2) is 31.6 Å². The summed E-state index contributed by atoms with van der Waals surface area (Å²) < 4.78 is 22.2. The van der Waals surface area contributed by atoms with Crippen molar-refractivity contribution in [2.45, 2.75) is 38.2 Å². The maximum atomic E-state index is 13.2. The van der Waals surface area contributed by atoms with Crippen molar-refractivity contribution in [3.05, 3.63) is 59.1 Å². The van der Waals surface area contributed by atoms with Gasteiger partial charge in [-0.15, -0.1) is 4.36 Å². The lowest BCUT2D eigenvalue weighted by Gasteiger charge is -2.18. The van der Waals surface area contributed by atoms with E-state index in [1.807, 2.05) is 0 Å². The van der Waals surface area contributed by atoms with Crippen LogP contribution in [0.25, 0.3) is 10.8 Å². The van der Waals surface area contributed by atoms with Gasteiger partial charge in [0, 0.05) is 34.1 Å². The van der Waals surface area contributed by atoms with Crippen LogP contribution in [0.15, 0.2) is 62.8 Å². The van der Waals surface area contributed by atoms with Crippen molar-refractivity contribution in [2.24, 2.45) is 4.36 Å². The minimum absolute atomic E-state index is 0.175. The number of rotatable bonds is 4. The summed E-state index contributed by atoms with van der Waals surface area (Å²) in [5, 5.41) is 4.38. The van der Waals surface area contributed by atoms with Crippen molar-refractivity contribution < 1.29 is 13.7 Å². The fraction of sp³-hybridized carbons (Fsp3) is 0.286. The Labute approximate surface area is 174 Å². The average molecular weight is 429 g/mol. The van der Waals surface area contributed by atoms with E-state index in [1.165, 1.54) is 0 Å². The first-order valence-corrected chi connectivity index (χ1v) is 11.1. The molecule has 1 unspecified atom stereocenters. The number of benzene rings is 1. The number of ether oxygens (including phenoxy) is 1. The predicted octanol–water partition coefficient (Wildman–Crippen LogP) is 4.45. The van der Waals surface area contributed by atoms with Gasteiger partial charge >= 0.3 is 6.09 Å². The molecule has 0 aliphatic heterocycles. The number of aromatic amines is 1. The molecule has 1 atom stereocenters. The number of carbonyl (C=O) groups is 1. The summed E-state index contributed by atoms with van der Waals surface area (Å²) in [7, 11) is -2.94. The van der Waals surface area contributed by atoms with Crippen molar-refractivity contribution >= 4 is 38.1 Å². The first-order chi connectivity index (χ1) is 14.1. The highest BCUT2D eigenvalue weighted by atomic mass is 32.2. The highest BCUT2D eigenvalue weighted by Crippen LogP contribution is 2.22. The summed E-state index contributed by atoms with van der Waals surface area (Å²) in [6.45, 7) is 6.88. The Morgan fingerprint density at radius 1 is 1.23 bits per heavy atom. The molecule has 1 amide bonds. The smallest absolute Gasteiger partial charge is 0.442 e. The van der Waals surface area contributed by atoms with Crippen LogP contribution in [-0.2, 0) is 14.5 Å². The first-order valence-electron chi connectivity index (χ1n) is 9.42. The third kappa shape index (κ3) is 5.04. The van der Waals surface area contributed by atoms with Gasteiger partial charge in [-0.05, 0) is 57.2 Å². The zero-order valence-corrected chi connectivity index (χ0v) is 18.1. The number of amides is 1. The molecule has 3 aromatic rings. The number of nitrogens with one attached hydrogen (secondary N) is 2. The lowest BCUT2D eigenvalue weighted by atomic mass is 10.2. The summed E-state index contributed by atoms with van der Waals surface area (Å²) in [6, 6.07) is 10.2. The average Bonchev–Trinajstić information content (AvgIpc) is 2.67. The number of hydrogen-bond acceptors (Lipinski definition) is 6. The van der Waals surface area contributed by atoms with Crippen molar-refractivity contribution in [2.75, 3.05) is 11.1 Å². The first kappa shape index (κ1) is 21.5. The van der Waals surface area contributed by atoms with Crippen LogP contribution in [0.5, 0.6) is 0 Å². The Balaban J connectivity index is 1.85. The number of anilines is 2. The molecule has 158 valence electrons. The molecule has 0 aliphatic carbocycles. The number of pyridine rings is 2. The minimum atomic E-state index is -2.94. The predicted molar refractivity (Wildman–Crippen MR) is 118 cm³/mol. The van der Waals surface area contributed by atoms with Crippen molar-refractivity contribution in [1.82, 2.24) is 9.97 Å². The van der Waals surface area contributed by atoms with Gasteiger partial charge in [0.1, 0.15) is 11.4 Å². The molecule has 0 saturated heterocycles. The van der Waals surface area contributed by atoms with Crippen molar-refractivity contribution in [1.29, 1.82) is 0 Å². The summed E-state index contributed by atoms with van der Waals surface area (Å²) in [4.78, 5) is 31.4. The normalized spacial score (nSPS) is 13.5. The zero-order chi connectivity index (χ0) is 21.9. The largest absolute Gasteiger partial charge is 0.442 e. The van der Waals surface area contributed by atoms with Crippen molar-refractivity contribution in [3.63, 3.8) is 0 Å². The van der Waals surface area contributed by atoms with Gasteiger partial charge in [-0.25, -0.2) is 14.0 Å². The Hall–Kier alpha value is -3.20. The molecule has 0 fully saturated rings. The monoisotopic (exact) mass is 428 g/mol. The van der Waals surface area contributed by atoms with Crippen LogP contribution >= 0.6 is 0 Å². The second kappa shape index (κ2) is 8.27. The highest BCUT2D eigenvalue weighted by Gasteiger charge is 2.19. The van der Waals surface area contributed by atoms with E-state index in [-0.39, 0.29) is 11.3 Å². The maximum Gasteiger partial charge on any atom is 0.442 e. The quantitative estimate of drug-likeness (QED) is 0.635. The Kier molecular flexibility index (Phi) is 5.93. The van der Waals surface area contributed by atoms with E-state index in [0.29, 0.717) is 21.8 Å². The number of nitrogens with zero attached hydrogens (tertiary/aromatic N) is 2. The van der Waals surface area contributed by atoms with E-state index in [2.05, 4.69) is 19.6 Å². The van der Waals surface area contributed by atoms with Gasteiger partial charge in [0.05, 0.1) is 15.1 Å². The third-order valence-corrected chi connectivity index (χ3v) is 6.39. The molecule has 3 rings (SSSR count). The molecule has 0 aliphatic rings. The molecule has 0 radical (unpaired) electrons. The topological polar surface area (TPSA) is 114 Å². The van der Waals surface area contributed by atoms with Crippen LogP contribution in [0.4, 0.5) is 16.3 Å². The molecular formula is C21H24N4O4S. The van der Waals surface area contributed by atoms with Crippen LogP contribution < -0.4 is 10.9 Å². The number of aromatic nitrogens is 2. The minimum Gasteiger partial charge on any atom is -0.442 e. The molecule has 0 spiro atoms. The summed E-state index contributed by atoms with van der Waals surface area (Å²) >= 11 is 0. The summed E-state index contributed by atoms with van der Waals surface area (Å²) in [5.74, 6) is 0.676. The molecule has 30 heavy (non-hydrogen) atoms. The van der Waals surface area contributed by atoms with Gasteiger partial charge in [0.2, 0.25) is 0 Å². The van der Waals surface area contributed by atoms with E-state index in [9.17, 15) is 13.8 Å². The van der Waals surface area contributed by atoms with Gasteiger partial charge in [0.15, 0.2) is 0 Å². The number of hydrogen-bond donors (Lipinski definition) is 2. The Morgan fingerprint density at radius 2 is 1.93 bits per heavy atom. The van der Waals surface area contributed by atoms with Gasteiger partial charge in [-0.3, -0.25) is 4.79 Å². The number of H-pyrrole nitrogens is 1. The maximum absolute atomic E-state index is 13.2. The van der Waals surface area contributed by atoms with E-state index in [0.717, 1.165) is 5.39 Å². The Morgan fingerprint density at radius 3 is 2.57 bits per heavy atom. The fourth-order valence-corrected chi connectivity index (χ4v) is 4.14. The second-order valence-corrected chi connectivity index (χ2v) is 10.1. The fourth-order valence-electron chi connectivity index (χ4n) is 2.73. The second-order valence-electron chi connectivity index (χ2n) is 7.61. The lowest BCUT2D eigenvalue weighted by Crippen LogP contribution is -2.23. The SMILES string of the molecule is CCS(=O)(=NC(=O)OC(C)(C)C)c1ccc(Nc2cc3c(=O)[nH]ccc3cn2)cc1. The van der Waals surface area contributed by atoms with Gasteiger partial charge in [-0.1, -0.05) is 6.92 Å². The van der Waals surface area contributed by atoms with E-state index < -0.39 is 21.4 Å². The zero-order valence-electron chi connectivity index (χ0n) is 17.3. The summed E-state index contributed by atoms with van der Waals surface area (Å²) in [5.41, 5.74) is -0.218. The van der Waals surface area contributed by atoms with Crippen LogP contribution in [0, 0.1) is 0 Å². The number of carbonyl (C=O) groups excluding carboxylic acids is 1. The molecule has 9 heteroatoms. The molecule has 2 N–H and O–H groups in total. The third-order valence-electron chi connectivity index (χ3n) is 4.16. The van der Waals surface area contributed by atoms with E-state index in [4.69, 9.17) is 4.74 Å². The molecule has 1 aromatic carbocycles. The molecule has 2 aromatic heterocycles. The van der Waals surface area contributed by atoms with Gasteiger partial charge < -0.3 is 15.0 Å². The van der Waals surface area contributed by atoms with E-state index in [1.54, 1.807) is 76.5 Å². The van der Waals surface area contributed by atoms with Crippen molar-refractivity contribution in [3.8, 4) is 0 Å².